The molecule has 1 aromatic heterocycles. The molecule has 2 rings (SSSR count). The summed E-state index contributed by atoms with van der Waals surface area (Å²) >= 11 is 0. The average Bonchev–Trinajstić information content (AvgIpc) is 2.87. The summed E-state index contributed by atoms with van der Waals surface area (Å²) < 4.78 is 6.81. The zero-order chi connectivity index (χ0) is 14.9. The highest BCUT2D eigenvalue weighted by Crippen LogP contribution is 2.16. The SMILES string of the molecule is CC(C)(C)n1cc(C(=O)N2CCOC[C@H]2C(=O)O)cn1. The van der Waals surface area contributed by atoms with Crippen LogP contribution in [0, 0.1) is 0 Å². The third kappa shape index (κ3) is 2.82. The van der Waals surface area contributed by atoms with Crippen molar-refractivity contribution in [2.75, 3.05) is 19.8 Å². The molecule has 20 heavy (non-hydrogen) atoms. The molecule has 1 fully saturated rings. The van der Waals surface area contributed by atoms with E-state index in [2.05, 4.69) is 5.10 Å². The van der Waals surface area contributed by atoms with Crippen molar-refractivity contribution >= 4 is 11.9 Å². The maximum Gasteiger partial charge on any atom is 0.328 e. The van der Waals surface area contributed by atoms with E-state index in [-0.39, 0.29) is 24.6 Å². The minimum Gasteiger partial charge on any atom is -0.480 e. The van der Waals surface area contributed by atoms with E-state index >= 15 is 0 Å². The quantitative estimate of drug-likeness (QED) is 0.856. The van der Waals surface area contributed by atoms with Crippen LogP contribution in [0.15, 0.2) is 12.4 Å². The standard InChI is InChI=1S/C13H19N3O4/c1-13(2,3)16-7-9(6-14-16)11(17)15-4-5-20-8-10(15)12(18)19/h6-7,10H,4-5,8H2,1-3H3,(H,18,19)/t10-/m0/s1. The van der Waals surface area contributed by atoms with E-state index in [4.69, 9.17) is 9.84 Å². The van der Waals surface area contributed by atoms with Gasteiger partial charge in [-0.2, -0.15) is 5.10 Å². The minimum atomic E-state index is -1.05. The normalized spacial score (nSPS) is 19.9. The van der Waals surface area contributed by atoms with E-state index in [1.807, 2.05) is 20.8 Å². The molecule has 0 unspecified atom stereocenters. The summed E-state index contributed by atoms with van der Waals surface area (Å²) in [5.41, 5.74) is 0.170. The second-order valence-electron chi connectivity index (χ2n) is 5.77. The Morgan fingerprint density at radius 2 is 2.15 bits per heavy atom. The number of carboxylic acid groups (broad SMARTS) is 1. The van der Waals surface area contributed by atoms with Gasteiger partial charge < -0.3 is 14.7 Å². The molecule has 7 nitrogen and oxygen atoms in total. The number of hydrogen-bond donors (Lipinski definition) is 1. The number of amides is 1. The number of aliphatic carboxylic acids is 1. The van der Waals surface area contributed by atoms with E-state index in [9.17, 15) is 9.59 Å². The Labute approximate surface area is 117 Å². The van der Waals surface area contributed by atoms with Crippen LogP contribution in [0.1, 0.15) is 31.1 Å². The molecule has 0 radical (unpaired) electrons. The predicted molar refractivity (Wildman–Crippen MR) is 70.5 cm³/mol. The first-order valence-electron chi connectivity index (χ1n) is 6.47. The number of carbonyl (C=O) groups excluding carboxylic acids is 1. The number of rotatable bonds is 2. The minimum absolute atomic E-state index is 0.0223. The number of aromatic nitrogens is 2. The molecule has 0 saturated carbocycles. The van der Waals surface area contributed by atoms with Crippen LogP contribution in [0.4, 0.5) is 0 Å². The van der Waals surface area contributed by atoms with Gasteiger partial charge in [0.2, 0.25) is 0 Å². The molecule has 7 heteroatoms. The van der Waals surface area contributed by atoms with Gasteiger partial charge in [0, 0.05) is 12.7 Å². The summed E-state index contributed by atoms with van der Waals surface area (Å²) in [7, 11) is 0. The molecule has 110 valence electrons. The van der Waals surface area contributed by atoms with E-state index in [1.54, 1.807) is 10.9 Å². The van der Waals surface area contributed by atoms with E-state index in [0.717, 1.165) is 0 Å². The van der Waals surface area contributed by atoms with Crippen LogP contribution in [-0.2, 0) is 15.1 Å². The zero-order valence-corrected chi connectivity index (χ0v) is 11.9. The van der Waals surface area contributed by atoms with Crippen molar-refractivity contribution in [3.8, 4) is 0 Å². The van der Waals surface area contributed by atoms with Crippen molar-refractivity contribution < 1.29 is 19.4 Å². The molecular weight excluding hydrogens is 262 g/mol. The van der Waals surface area contributed by atoms with Crippen molar-refractivity contribution in [1.82, 2.24) is 14.7 Å². The van der Waals surface area contributed by atoms with Crippen LogP contribution < -0.4 is 0 Å². The van der Waals surface area contributed by atoms with E-state index < -0.39 is 12.0 Å². The molecule has 1 N–H and O–H groups in total. The Balaban J connectivity index is 2.21. The maximum atomic E-state index is 12.4. The second kappa shape index (κ2) is 5.24. The van der Waals surface area contributed by atoms with Gasteiger partial charge in [-0.25, -0.2) is 4.79 Å². The van der Waals surface area contributed by atoms with Gasteiger partial charge in [-0.1, -0.05) is 0 Å². The Morgan fingerprint density at radius 3 is 2.70 bits per heavy atom. The van der Waals surface area contributed by atoms with Crippen molar-refractivity contribution in [2.24, 2.45) is 0 Å². The second-order valence-corrected chi connectivity index (χ2v) is 5.77. The molecule has 0 bridgehead atoms. The van der Waals surface area contributed by atoms with Gasteiger partial charge in [0.1, 0.15) is 0 Å². The zero-order valence-electron chi connectivity index (χ0n) is 11.9. The topological polar surface area (TPSA) is 84.7 Å². The first kappa shape index (κ1) is 14.5. The molecular formula is C13H19N3O4. The highest BCUT2D eigenvalue weighted by atomic mass is 16.5. The summed E-state index contributed by atoms with van der Waals surface area (Å²) in [6, 6.07) is -0.936. The molecule has 1 atom stereocenters. The Bertz CT molecular complexity index is 518. The van der Waals surface area contributed by atoms with Crippen LogP contribution in [0.2, 0.25) is 0 Å². The molecule has 1 amide bonds. The number of carboxylic acids is 1. The number of ether oxygens (including phenoxy) is 1. The Morgan fingerprint density at radius 1 is 1.45 bits per heavy atom. The average molecular weight is 281 g/mol. The van der Waals surface area contributed by atoms with E-state index in [0.29, 0.717) is 12.2 Å². The van der Waals surface area contributed by atoms with Crippen LogP contribution in [0.5, 0.6) is 0 Å². The smallest absolute Gasteiger partial charge is 0.328 e. The highest BCUT2D eigenvalue weighted by molar-refractivity contribution is 5.96. The van der Waals surface area contributed by atoms with Gasteiger partial charge in [-0.3, -0.25) is 9.48 Å². The van der Waals surface area contributed by atoms with Crippen LogP contribution in [0.25, 0.3) is 0 Å². The summed E-state index contributed by atoms with van der Waals surface area (Å²) in [4.78, 5) is 24.9. The Hall–Kier alpha value is -1.89. The highest BCUT2D eigenvalue weighted by Gasteiger charge is 2.34. The summed E-state index contributed by atoms with van der Waals surface area (Å²) in [5.74, 6) is -1.38. The van der Waals surface area contributed by atoms with Gasteiger partial charge in [0.15, 0.2) is 6.04 Å². The first-order valence-corrected chi connectivity index (χ1v) is 6.47. The number of morpholine rings is 1. The van der Waals surface area contributed by atoms with Gasteiger partial charge in [0.05, 0.1) is 30.5 Å². The molecule has 0 aliphatic carbocycles. The molecule has 1 aliphatic heterocycles. The maximum absolute atomic E-state index is 12.4. The lowest BCUT2D eigenvalue weighted by Crippen LogP contribution is -2.52. The summed E-state index contributed by atoms with van der Waals surface area (Å²) in [5, 5.41) is 13.3. The summed E-state index contributed by atoms with van der Waals surface area (Å²) in [6.07, 6.45) is 3.12. The van der Waals surface area contributed by atoms with E-state index in [1.165, 1.54) is 11.1 Å². The van der Waals surface area contributed by atoms with Gasteiger partial charge in [0.25, 0.3) is 5.91 Å². The van der Waals surface area contributed by atoms with Crippen molar-refractivity contribution in [3.63, 3.8) is 0 Å². The lowest BCUT2D eigenvalue weighted by atomic mass is 10.1. The van der Waals surface area contributed by atoms with Gasteiger partial charge in [-0.15, -0.1) is 0 Å². The molecule has 1 aliphatic rings. The molecule has 1 aromatic rings. The largest absolute Gasteiger partial charge is 0.480 e. The lowest BCUT2D eigenvalue weighted by molar-refractivity contribution is -0.147. The number of carbonyl (C=O) groups is 2. The molecule has 1 saturated heterocycles. The fourth-order valence-corrected chi connectivity index (χ4v) is 2.02. The molecule has 0 aromatic carbocycles. The van der Waals surface area contributed by atoms with Crippen LogP contribution >= 0.6 is 0 Å². The van der Waals surface area contributed by atoms with Crippen molar-refractivity contribution in [3.05, 3.63) is 18.0 Å². The monoisotopic (exact) mass is 281 g/mol. The van der Waals surface area contributed by atoms with Crippen molar-refractivity contribution in [1.29, 1.82) is 0 Å². The third-order valence-corrected chi connectivity index (χ3v) is 3.19. The summed E-state index contributed by atoms with van der Waals surface area (Å²) in [6.45, 7) is 6.57. The number of hydrogen-bond acceptors (Lipinski definition) is 4. The third-order valence-electron chi connectivity index (χ3n) is 3.19. The van der Waals surface area contributed by atoms with Crippen molar-refractivity contribution in [2.45, 2.75) is 32.4 Å². The molecule has 2 heterocycles. The predicted octanol–water partition coefficient (Wildman–Crippen LogP) is 0.564. The Kier molecular flexibility index (Phi) is 3.80. The fraction of sp³-hybridized carbons (Fsp3) is 0.615. The fourth-order valence-electron chi connectivity index (χ4n) is 2.02. The van der Waals surface area contributed by atoms with Gasteiger partial charge >= 0.3 is 5.97 Å². The first-order chi connectivity index (χ1) is 9.30. The van der Waals surface area contributed by atoms with Crippen LogP contribution in [0.3, 0.4) is 0 Å². The number of nitrogens with zero attached hydrogens (tertiary/aromatic N) is 3. The van der Waals surface area contributed by atoms with Gasteiger partial charge in [-0.05, 0) is 20.8 Å². The molecule has 0 spiro atoms. The lowest BCUT2D eigenvalue weighted by Gasteiger charge is -2.32. The van der Waals surface area contributed by atoms with Crippen LogP contribution in [-0.4, -0.2) is 57.5 Å².